The number of halogens is 1. The summed E-state index contributed by atoms with van der Waals surface area (Å²) in [5, 5.41) is 0. The number of carbonyl (C=O) groups is 1. The second-order valence-electron chi connectivity index (χ2n) is 4.85. The minimum Gasteiger partial charge on any atom is -0.295 e. The van der Waals surface area contributed by atoms with E-state index in [0.717, 1.165) is 12.0 Å². The van der Waals surface area contributed by atoms with Gasteiger partial charge in [0.15, 0.2) is 5.78 Å². The minimum absolute atomic E-state index is 0.188. The molecule has 0 saturated heterocycles. The van der Waals surface area contributed by atoms with E-state index in [4.69, 9.17) is 0 Å². The van der Waals surface area contributed by atoms with Crippen LogP contribution >= 0.6 is 0 Å². The summed E-state index contributed by atoms with van der Waals surface area (Å²) in [5.41, 5.74) is 2.02. The quantitative estimate of drug-likeness (QED) is 0.784. The van der Waals surface area contributed by atoms with E-state index in [9.17, 15) is 9.18 Å². The maximum atomic E-state index is 13.2. The van der Waals surface area contributed by atoms with E-state index in [0.29, 0.717) is 32.1 Å². The lowest BCUT2D eigenvalue weighted by molar-refractivity contribution is -0.115. The summed E-state index contributed by atoms with van der Waals surface area (Å²) < 4.78 is 13.2. The Morgan fingerprint density at radius 1 is 1.22 bits per heavy atom. The molecule has 1 aliphatic carbocycles. The van der Waals surface area contributed by atoms with Crippen molar-refractivity contribution in [3.8, 4) is 0 Å². The molecule has 1 atom stereocenters. The molecule has 96 valence electrons. The molecule has 1 aromatic rings. The van der Waals surface area contributed by atoms with Crippen molar-refractivity contribution in [1.82, 2.24) is 0 Å². The fraction of sp³-hybridized carbons (Fsp3) is 0.438. The molecule has 0 amide bonds. The van der Waals surface area contributed by atoms with Gasteiger partial charge in [-0.05, 0) is 43.2 Å². The summed E-state index contributed by atoms with van der Waals surface area (Å²) in [7, 11) is 0. The lowest BCUT2D eigenvalue weighted by atomic mass is 9.99. The summed E-state index contributed by atoms with van der Waals surface area (Å²) in [6.45, 7) is 0. The van der Waals surface area contributed by atoms with Crippen molar-refractivity contribution in [1.29, 1.82) is 0 Å². The lowest BCUT2D eigenvalue weighted by Crippen LogP contribution is -2.05. The molecule has 0 aromatic heterocycles. The van der Waals surface area contributed by atoms with Crippen molar-refractivity contribution in [2.45, 2.75) is 44.7 Å². The molecule has 2 heteroatoms. The van der Waals surface area contributed by atoms with Gasteiger partial charge in [-0.1, -0.05) is 36.4 Å². The monoisotopic (exact) mass is 246 g/mol. The van der Waals surface area contributed by atoms with E-state index < -0.39 is 6.17 Å². The van der Waals surface area contributed by atoms with Gasteiger partial charge in [-0.25, -0.2) is 4.39 Å². The fourth-order valence-corrected chi connectivity index (χ4v) is 2.31. The fourth-order valence-electron chi connectivity index (χ4n) is 2.31. The van der Waals surface area contributed by atoms with Crippen LogP contribution in [0.15, 0.2) is 42.0 Å². The summed E-state index contributed by atoms with van der Waals surface area (Å²) in [6.07, 6.45) is 4.89. The zero-order valence-electron chi connectivity index (χ0n) is 10.6. The molecule has 0 aliphatic heterocycles. The van der Waals surface area contributed by atoms with E-state index in [1.807, 2.05) is 36.4 Å². The van der Waals surface area contributed by atoms with Crippen LogP contribution in [0.4, 0.5) is 4.39 Å². The van der Waals surface area contributed by atoms with Crippen molar-refractivity contribution < 1.29 is 9.18 Å². The Bertz CT molecular complexity index is 422. The van der Waals surface area contributed by atoms with Gasteiger partial charge in [0.25, 0.3) is 0 Å². The van der Waals surface area contributed by atoms with Crippen molar-refractivity contribution in [3.63, 3.8) is 0 Å². The number of carbonyl (C=O) groups excluding carboxylic acids is 1. The zero-order chi connectivity index (χ0) is 12.8. The number of Topliss-reactive ketones (excluding diaryl/α,β-unsaturated/α-hetero) is 1. The van der Waals surface area contributed by atoms with Gasteiger partial charge in [-0.2, -0.15) is 0 Å². The number of rotatable bonds is 4. The SMILES string of the molecule is O=C(CCc1ccccc1)C1=CCCC(F)CC1. The van der Waals surface area contributed by atoms with Crippen LogP contribution in [0.5, 0.6) is 0 Å². The van der Waals surface area contributed by atoms with Crippen LogP contribution in [-0.2, 0) is 11.2 Å². The lowest BCUT2D eigenvalue weighted by Gasteiger charge is -2.05. The molecule has 18 heavy (non-hydrogen) atoms. The summed E-state index contributed by atoms with van der Waals surface area (Å²) in [4.78, 5) is 12.0. The molecule has 0 spiro atoms. The first-order valence-electron chi connectivity index (χ1n) is 6.66. The molecule has 1 unspecified atom stereocenters. The number of benzene rings is 1. The predicted molar refractivity (Wildman–Crippen MR) is 71.2 cm³/mol. The average molecular weight is 246 g/mol. The molecule has 0 N–H and O–H groups in total. The van der Waals surface area contributed by atoms with Crippen LogP contribution in [0.3, 0.4) is 0 Å². The van der Waals surface area contributed by atoms with Crippen LogP contribution in [-0.4, -0.2) is 12.0 Å². The Hall–Kier alpha value is -1.44. The van der Waals surface area contributed by atoms with Crippen molar-refractivity contribution >= 4 is 5.78 Å². The Balaban J connectivity index is 1.86. The second-order valence-corrected chi connectivity index (χ2v) is 4.85. The first kappa shape index (κ1) is 13.0. The van der Waals surface area contributed by atoms with Crippen molar-refractivity contribution in [2.75, 3.05) is 0 Å². The van der Waals surface area contributed by atoms with Gasteiger partial charge in [-0.15, -0.1) is 0 Å². The Morgan fingerprint density at radius 2 is 2.00 bits per heavy atom. The number of hydrogen-bond donors (Lipinski definition) is 0. The molecular formula is C16H19FO. The summed E-state index contributed by atoms with van der Waals surface area (Å²) in [5.74, 6) is 0.188. The molecule has 0 fully saturated rings. The van der Waals surface area contributed by atoms with E-state index >= 15 is 0 Å². The van der Waals surface area contributed by atoms with E-state index in [-0.39, 0.29) is 5.78 Å². The highest BCUT2D eigenvalue weighted by molar-refractivity contribution is 5.95. The largest absolute Gasteiger partial charge is 0.295 e. The van der Waals surface area contributed by atoms with Crippen LogP contribution < -0.4 is 0 Å². The molecule has 0 saturated carbocycles. The number of alkyl halides is 1. The molecule has 1 nitrogen and oxygen atoms in total. The molecule has 1 aliphatic rings. The highest BCUT2D eigenvalue weighted by Gasteiger charge is 2.16. The first-order valence-corrected chi connectivity index (χ1v) is 6.66. The van der Waals surface area contributed by atoms with Gasteiger partial charge >= 0.3 is 0 Å². The Labute approximate surface area is 108 Å². The zero-order valence-corrected chi connectivity index (χ0v) is 10.6. The molecular weight excluding hydrogens is 227 g/mol. The molecule has 0 heterocycles. The number of aryl methyl sites for hydroxylation is 1. The minimum atomic E-state index is -0.735. The summed E-state index contributed by atoms with van der Waals surface area (Å²) >= 11 is 0. The van der Waals surface area contributed by atoms with Crippen LogP contribution in [0.25, 0.3) is 0 Å². The number of hydrogen-bond acceptors (Lipinski definition) is 1. The van der Waals surface area contributed by atoms with Crippen LogP contribution in [0.2, 0.25) is 0 Å². The Morgan fingerprint density at radius 3 is 2.78 bits per heavy atom. The third-order valence-electron chi connectivity index (χ3n) is 3.44. The summed E-state index contributed by atoms with van der Waals surface area (Å²) in [6, 6.07) is 10.0. The maximum absolute atomic E-state index is 13.2. The van der Waals surface area contributed by atoms with E-state index in [2.05, 4.69) is 0 Å². The second kappa shape index (κ2) is 6.48. The molecule has 2 rings (SSSR count). The number of allylic oxidation sites excluding steroid dienone is 2. The predicted octanol–water partition coefficient (Wildman–Crippen LogP) is 4.03. The van der Waals surface area contributed by atoms with Gasteiger partial charge in [0, 0.05) is 6.42 Å². The van der Waals surface area contributed by atoms with Gasteiger partial charge in [-0.3, -0.25) is 4.79 Å². The third kappa shape index (κ3) is 3.80. The van der Waals surface area contributed by atoms with Crippen LogP contribution in [0.1, 0.15) is 37.7 Å². The van der Waals surface area contributed by atoms with E-state index in [1.54, 1.807) is 0 Å². The maximum Gasteiger partial charge on any atom is 0.158 e. The Kier molecular flexibility index (Phi) is 4.68. The van der Waals surface area contributed by atoms with Crippen molar-refractivity contribution in [3.05, 3.63) is 47.5 Å². The highest BCUT2D eigenvalue weighted by Crippen LogP contribution is 2.22. The standard InChI is InChI=1S/C16H19FO/c17-15-8-4-7-14(10-11-15)16(18)12-9-13-5-2-1-3-6-13/h1-3,5-7,15H,4,8-12H2. The topological polar surface area (TPSA) is 17.1 Å². The normalized spacial score (nSPS) is 20.1. The molecule has 0 bridgehead atoms. The van der Waals surface area contributed by atoms with Gasteiger partial charge in [0.05, 0.1) is 0 Å². The van der Waals surface area contributed by atoms with Crippen molar-refractivity contribution in [2.24, 2.45) is 0 Å². The highest BCUT2D eigenvalue weighted by atomic mass is 19.1. The number of ketones is 1. The third-order valence-corrected chi connectivity index (χ3v) is 3.44. The van der Waals surface area contributed by atoms with Gasteiger partial charge in [0.1, 0.15) is 6.17 Å². The first-order chi connectivity index (χ1) is 8.75. The van der Waals surface area contributed by atoms with Gasteiger partial charge in [0.2, 0.25) is 0 Å². The average Bonchev–Trinajstić information content (AvgIpc) is 2.62. The molecule has 1 aromatic carbocycles. The molecule has 0 radical (unpaired) electrons. The van der Waals surface area contributed by atoms with Gasteiger partial charge < -0.3 is 0 Å². The van der Waals surface area contributed by atoms with Crippen LogP contribution in [0, 0.1) is 0 Å². The van der Waals surface area contributed by atoms with E-state index in [1.165, 1.54) is 5.56 Å². The smallest absolute Gasteiger partial charge is 0.158 e.